The normalized spacial score (nSPS) is 20.8. The minimum Gasteiger partial charge on any atom is -0.493 e. The molecule has 6 nitrogen and oxygen atoms in total. The van der Waals surface area contributed by atoms with Crippen molar-refractivity contribution in [3.63, 3.8) is 0 Å². The number of likely N-dealkylation sites (N-methyl/N-ethyl adjacent to an activating group) is 1. The highest BCUT2D eigenvalue weighted by Gasteiger charge is 2.21. The summed E-state index contributed by atoms with van der Waals surface area (Å²) in [4.78, 5) is 2.20. The SMILES string of the molecule is COc1cc(CN(C)C[C@@H]2COCCO2)cc2c1OCO2. The van der Waals surface area contributed by atoms with Crippen LogP contribution in [0.15, 0.2) is 12.1 Å². The van der Waals surface area contributed by atoms with Crippen LogP contribution in [0, 0.1) is 0 Å². The Hall–Kier alpha value is -1.50. The molecule has 1 atom stereocenters. The van der Waals surface area contributed by atoms with Crippen molar-refractivity contribution >= 4 is 0 Å². The minimum absolute atomic E-state index is 0.139. The van der Waals surface area contributed by atoms with E-state index in [1.54, 1.807) is 7.11 Å². The Morgan fingerprint density at radius 3 is 2.95 bits per heavy atom. The Labute approximate surface area is 124 Å². The van der Waals surface area contributed by atoms with Gasteiger partial charge in [0.25, 0.3) is 0 Å². The van der Waals surface area contributed by atoms with E-state index in [0.717, 1.165) is 24.4 Å². The van der Waals surface area contributed by atoms with Gasteiger partial charge in [-0.3, -0.25) is 4.90 Å². The number of hydrogen-bond donors (Lipinski definition) is 0. The van der Waals surface area contributed by atoms with Gasteiger partial charge in [-0.1, -0.05) is 0 Å². The Balaban J connectivity index is 1.64. The van der Waals surface area contributed by atoms with Crippen LogP contribution in [-0.4, -0.2) is 58.3 Å². The summed E-state index contributed by atoms with van der Waals surface area (Å²) in [6.45, 7) is 3.90. The molecule has 2 aliphatic heterocycles. The maximum atomic E-state index is 5.67. The number of rotatable bonds is 5. The molecular weight excluding hydrogens is 274 g/mol. The monoisotopic (exact) mass is 295 g/mol. The predicted molar refractivity (Wildman–Crippen MR) is 76.0 cm³/mol. The number of nitrogens with zero attached hydrogens (tertiary/aromatic N) is 1. The van der Waals surface area contributed by atoms with Gasteiger partial charge in [-0.25, -0.2) is 0 Å². The van der Waals surface area contributed by atoms with E-state index in [9.17, 15) is 0 Å². The molecule has 3 rings (SSSR count). The van der Waals surface area contributed by atoms with E-state index in [2.05, 4.69) is 11.9 Å². The van der Waals surface area contributed by atoms with E-state index in [1.807, 2.05) is 12.1 Å². The van der Waals surface area contributed by atoms with E-state index in [1.165, 1.54) is 0 Å². The van der Waals surface area contributed by atoms with Crippen LogP contribution in [0.4, 0.5) is 0 Å². The molecule has 0 radical (unpaired) electrons. The summed E-state index contributed by atoms with van der Waals surface area (Å²) in [5.41, 5.74) is 1.12. The topological polar surface area (TPSA) is 49.4 Å². The molecule has 1 saturated heterocycles. The van der Waals surface area contributed by atoms with Crippen molar-refractivity contribution in [1.82, 2.24) is 4.90 Å². The van der Waals surface area contributed by atoms with Gasteiger partial charge in [0.1, 0.15) is 0 Å². The van der Waals surface area contributed by atoms with Crippen molar-refractivity contribution in [2.75, 3.05) is 47.3 Å². The molecular formula is C15H21NO5. The highest BCUT2D eigenvalue weighted by Crippen LogP contribution is 2.41. The summed E-state index contributed by atoms with van der Waals surface area (Å²) in [5, 5.41) is 0. The van der Waals surface area contributed by atoms with Gasteiger partial charge >= 0.3 is 0 Å². The lowest BCUT2D eigenvalue weighted by Gasteiger charge is -2.27. The summed E-state index contributed by atoms with van der Waals surface area (Å²) in [5.74, 6) is 2.15. The average Bonchev–Trinajstić information content (AvgIpc) is 2.95. The van der Waals surface area contributed by atoms with Crippen LogP contribution in [0.1, 0.15) is 5.56 Å². The first-order valence-corrected chi connectivity index (χ1v) is 7.10. The van der Waals surface area contributed by atoms with Gasteiger partial charge in [0.2, 0.25) is 12.5 Å². The maximum Gasteiger partial charge on any atom is 0.231 e. The van der Waals surface area contributed by atoms with Crippen molar-refractivity contribution in [3.05, 3.63) is 17.7 Å². The summed E-state index contributed by atoms with van der Waals surface area (Å²) < 4.78 is 27.3. The number of benzene rings is 1. The Morgan fingerprint density at radius 1 is 1.29 bits per heavy atom. The predicted octanol–water partition coefficient (Wildman–Crippen LogP) is 1.27. The van der Waals surface area contributed by atoms with E-state index in [-0.39, 0.29) is 12.9 Å². The van der Waals surface area contributed by atoms with E-state index in [0.29, 0.717) is 31.3 Å². The Kier molecular flexibility index (Phi) is 4.48. The zero-order valence-corrected chi connectivity index (χ0v) is 12.5. The highest BCUT2D eigenvalue weighted by molar-refractivity contribution is 5.55. The molecule has 21 heavy (non-hydrogen) atoms. The molecule has 1 aromatic rings. The Bertz CT molecular complexity index is 487. The third kappa shape index (κ3) is 3.40. The van der Waals surface area contributed by atoms with Crippen molar-refractivity contribution in [2.45, 2.75) is 12.6 Å². The van der Waals surface area contributed by atoms with E-state index in [4.69, 9.17) is 23.7 Å². The van der Waals surface area contributed by atoms with Crippen LogP contribution in [0.2, 0.25) is 0 Å². The second kappa shape index (κ2) is 6.51. The fourth-order valence-corrected chi connectivity index (χ4v) is 2.64. The minimum atomic E-state index is 0.139. The summed E-state index contributed by atoms with van der Waals surface area (Å²) >= 11 is 0. The first-order chi connectivity index (χ1) is 10.3. The molecule has 2 heterocycles. The molecule has 0 N–H and O–H groups in total. The third-order valence-corrected chi connectivity index (χ3v) is 3.57. The van der Waals surface area contributed by atoms with Crippen molar-refractivity contribution in [1.29, 1.82) is 0 Å². The van der Waals surface area contributed by atoms with Crippen LogP contribution >= 0.6 is 0 Å². The second-order valence-electron chi connectivity index (χ2n) is 5.30. The first-order valence-electron chi connectivity index (χ1n) is 7.10. The molecule has 0 amide bonds. The Morgan fingerprint density at radius 2 is 2.19 bits per heavy atom. The van der Waals surface area contributed by atoms with Gasteiger partial charge in [0.05, 0.1) is 33.0 Å². The largest absolute Gasteiger partial charge is 0.493 e. The van der Waals surface area contributed by atoms with Gasteiger partial charge in [-0.05, 0) is 24.7 Å². The zero-order chi connectivity index (χ0) is 14.7. The molecule has 0 spiro atoms. The van der Waals surface area contributed by atoms with Crippen LogP contribution in [0.5, 0.6) is 17.2 Å². The highest BCUT2D eigenvalue weighted by atomic mass is 16.7. The molecule has 0 aromatic heterocycles. The molecule has 1 fully saturated rings. The van der Waals surface area contributed by atoms with Gasteiger partial charge in [-0.15, -0.1) is 0 Å². The number of hydrogen-bond acceptors (Lipinski definition) is 6. The lowest BCUT2D eigenvalue weighted by Crippen LogP contribution is -2.38. The molecule has 1 aromatic carbocycles. The lowest BCUT2D eigenvalue weighted by atomic mass is 10.1. The molecule has 6 heteroatoms. The van der Waals surface area contributed by atoms with E-state index >= 15 is 0 Å². The van der Waals surface area contributed by atoms with Crippen molar-refractivity contribution in [2.24, 2.45) is 0 Å². The van der Waals surface area contributed by atoms with Crippen molar-refractivity contribution < 1.29 is 23.7 Å². The molecule has 0 unspecified atom stereocenters. The van der Waals surface area contributed by atoms with Crippen LogP contribution in [-0.2, 0) is 16.0 Å². The van der Waals surface area contributed by atoms with Gasteiger partial charge in [0.15, 0.2) is 11.5 Å². The lowest BCUT2D eigenvalue weighted by molar-refractivity contribution is -0.0962. The molecule has 2 aliphatic rings. The zero-order valence-electron chi connectivity index (χ0n) is 12.5. The average molecular weight is 295 g/mol. The molecule has 0 saturated carbocycles. The van der Waals surface area contributed by atoms with E-state index < -0.39 is 0 Å². The smallest absolute Gasteiger partial charge is 0.231 e. The number of methoxy groups -OCH3 is 1. The standard InChI is InChI=1S/C15H21NO5/c1-16(8-12-9-18-3-4-19-12)7-11-5-13(17-2)15-14(6-11)20-10-21-15/h5-6,12H,3-4,7-10H2,1-2H3/t12-/m1/s1. The third-order valence-electron chi connectivity index (χ3n) is 3.57. The van der Waals surface area contributed by atoms with Crippen LogP contribution in [0.25, 0.3) is 0 Å². The van der Waals surface area contributed by atoms with Crippen LogP contribution < -0.4 is 14.2 Å². The van der Waals surface area contributed by atoms with Crippen LogP contribution in [0.3, 0.4) is 0 Å². The van der Waals surface area contributed by atoms with Crippen molar-refractivity contribution in [3.8, 4) is 17.2 Å². The fraction of sp³-hybridized carbons (Fsp3) is 0.600. The van der Waals surface area contributed by atoms with Gasteiger partial charge < -0.3 is 23.7 Å². The number of fused-ring (bicyclic) bond motifs is 1. The molecule has 116 valence electrons. The summed E-state index contributed by atoms with van der Waals surface area (Å²) in [6, 6.07) is 3.99. The van der Waals surface area contributed by atoms with Gasteiger partial charge in [-0.2, -0.15) is 0 Å². The fourth-order valence-electron chi connectivity index (χ4n) is 2.64. The molecule has 0 aliphatic carbocycles. The summed E-state index contributed by atoms with van der Waals surface area (Å²) in [7, 11) is 3.70. The van der Waals surface area contributed by atoms with Gasteiger partial charge in [0, 0.05) is 13.1 Å². The summed E-state index contributed by atoms with van der Waals surface area (Å²) in [6.07, 6.45) is 0.139. The number of ether oxygens (including phenoxy) is 5. The molecule has 0 bridgehead atoms. The first kappa shape index (κ1) is 14.4. The maximum absolute atomic E-state index is 5.67. The second-order valence-corrected chi connectivity index (χ2v) is 5.30. The quantitative estimate of drug-likeness (QED) is 0.815.